The molecule has 1 aromatic heterocycles. The first kappa shape index (κ1) is 11.1. The minimum Gasteiger partial charge on any atom is -0.308 e. The summed E-state index contributed by atoms with van der Waals surface area (Å²) in [5, 5.41) is 15.0. The minimum atomic E-state index is 0.216. The van der Waals surface area contributed by atoms with Crippen molar-refractivity contribution in [3.05, 3.63) is 5.82 Å². The Kier molecular flexibility index (Phi) is 4.00. The van der Waals surface area contributed by atoms with Crippen LogP contribution < -0.4 is 5.32 Å². The van der Waals surface area contributed by atoms with Gasteiger partial charge in [-0.1, -0.05) is 20.8 Å². The summed E-state index contributed by atoms with van der Waals surface area (Å²) in [6.45, 7) is 10.3. The van der Waals surface area contributed by atoms with E-state index in [0.717, 1.165) is 18.9 Å². The van der Waals surface area contributed by atoms with Gasteiger partial charge < -0.3 is 5.32 Å². The van der Waals surface area contributed by atoms with Crippen LogP contribution in [0.3, 0.4) is 0 Å². The van der Waals surface area contributed by atoms with E-state index in [9.17, 15) is 0 Å². The standard InChI is InChI=1S/C9H19N5/c1-5-10-8(4)9-11-12-13-14(9)6-7(2)3/h7-8,10H,5-6H2,1-4H3. The van der Waals surface area contributed by atoms with Gasteiger partial charge in [-0.25, -0.2) is 4.68 Å². The first-order valence-electron chi connectivity index (χ1n) is 5.14. The van der Waals surface area contributed by atoms with Crippen molar-refractivity contribution in [1.29, 1.82) is 0 Å². The Balaban J connectivity index is 2.70. The lowest BCUT2D eigenvalue weighted by Gasteiger charge is -2.12. The summed E-state index contributed by atoms with van der Waals surface area (Å²) in [6, 6.07) is 0.216. The molecule has 1 heterocycles. The Hall–Kier alpha value is -0.970. The Morgan fingerprint density at radius 1 is 1.36 bits per heavy atom. The van der Waals surface area contributed by atoms with E-state index in [1.807, 2.05) is 4.68 Å². The second-order valence-corrected chi connectivity index (χ2v) is 3.89. The molecule has 0 fully saturated rings. The fourth-order valence-corrected chi connectivity index (χ4v) is 1.40. The first-order valence-corrected chi connectivity index (χ1v) is 5.14. The predicted molar refractivity (Wildman–Crippen MR) is 54.7 cm³/mol. The Labute approximate surface area is 84.9 Å². The summed E-state index contributed by atoms with van der Waals surface area (Å²) < 4.78 is 1.87. The van der Waals surface area contributed by atoms with Gasteiger partial charge in [-0.15, -0.1) is 5.10 Å². The summed E-state index contributed by atoms with van der Waals surface area (Å²) >= 11 is 0. The number of hydrogen-bond acceptors (Lipinski definition) is 4. The first-order chi connectivity index (χ1) is 6.65. The molecule has 0 aliphatic heterocycles. The SMILES string of the molecule is CCNC(C)c1nnnn1CC(C)C. The minimum absolute atomic E-state index is 0.216. The lowest BCUT2D eigenvalue weighted by molar-refractivity contribution is 0.433. The van der Waals surface area contributed by atoms with E-state index in [4.69, 9.17) is 0 Å². The predicted octanol–water partition coefficient (Wildman–Crippen LogP) is 1.000. The van der Waals surface area contributed by atoms with E-state index >= 15 is 0 Å². The maximum atomic E-state index is 4.03. The molecule has 0 amide bonds. The van der Waals surface area contributed by atoms with Crippen LogP contribution in [0.4, 0.5) is 0 Å². The molecule has 0 saturated heterocycles. The van der Waals surface area contributed by atoms with Crippen LogP contribution in [0.25, 0.3) is 0 Å². The lowest BCUT2D eigenvalue weighted by Crippen LogP contribution is -2.23. The molecule has 0 aliphatic carbocycles. The van der Waals surface area contributed by atoms with Crippen LogP contribution in [0.15, 0.2) is 0 Å². The van der Waals surface area contributed by atoms with Crippen LogP contribution >= 0.6 is 0 Å². The number of nitrogens with one attached hydrogen (secondary N) is 1. The van der Waals surface area contributed by atoms with E-state index in [2.05, 4.69) is 48.5 Å². The van der Waals surface area contributed by atoms with Crippen molar-refractivity contribution in [2.24, 2.45) is 5.92 Å². The summed E-state index contributed by atoms with van der Waals surface area (Å²) in [5.74, 6) is 1.48. The summed E-state index contributed by atoms with van der Waals surface area (Å²) in [4.78, 5) is 0. The molecule has 0 spiro atoms. The molecule has 1 atom stereocenters. The highest BCUT2D eigenvalue weighted by Gasteiger charge is 2.13. The number of tetrazole rings is 1. The van der Waals surface area contributed by atoms with Crippen molar-refractivity contribution in [3.63, 3.8) is 0 Å². The number of hydrogen-bond donors (Lipinski definition) is 1. The molecule has 80 valence electrons. The van der Waals surface area contributed by atoms with Crippen LogP contribution in [0.2, 0.25) is 0 Å². The van der Waals surface area contributed by atoms with Crippen LogP contribution in [0, 0.1) is 5.92 Å². The Morgan fingerprint density at radius 3 is 2.64 bits per heavy atom. The van der Waals surface area contributed by atoms with Crippen molar-refractivity contribution < 1.29 is 0 Å². The van der Waals surface area contributed by atoms with Gasteiger partial charge in [-0.05, 0) is 29.8 Å². The van der Waals surface area contributed by atoms with Gasteiger partial charge in [0, 0.05) is 6.54 Å². The van der Waals surface area contributed by atoms with E-state index in [0.29, 0.717) is 5.92 Å². The van der Waals surface area contributed by atoms with Crippen molar-refractivity contribution in [2.75, 3.05) is 6.54 Å². The zero-order valence-corrected chi connectivity index (χ0v) is 9.36. The molecule has 0 bridgehead atoms. The zero-order chi connectivity index (χ0) is 10.6. The van der Waals surface area contributed by atoms with Gasteiger partial charge in [-0.3, -0.25) is 0 Å². The van der Waals surface area contributed by atoms with Gasteiger partial charge in [0.25, 0.3) is 0 Å². The normalized spacial score (nSPS) is 13.5. The van der Waals surface area contributed by atoms with Crippen molar-refractivity contribution in [2.45, 2.75) is 40.3 Å². The fourth-order valence-electron chi connectivity index (χ4n) is 1.40. The molecule has 5 nitrogen and oxygen atoms in total. The second kappa shape index (κ2) is 5.05. The molecule has 0 aromatic carbocycles. The third-order valence-corrected chi connectivity index (χ3v) is 2.00. The maximum Gasteiger partial charge on any atom is 0.167 e. The highest BCUT2D eigenvalue weighted by molar-refractivity contribution is 4.89. The monoisotopic (exact) mass is 197 g/mol. The molecule has 1 rings (SSSR count). The number of nitrogens with zero attached hydrogens (tertiary/aromatic N) is 4. The molecule has 0 radical (unpaired) electrons. The second-order valence-electron chi connectivity index (χ2n) is 3.89. The molecular formula is C9H19N5. The molecule has 14 heavy (non-hydrogen) atoms. The Morgan fingerprint density at radius 2 is 2.07 bits per heavy atom. The molecule has 5 heteroatoms. The molecule has 1 N–H and O–H groups in total. The molecular weight excluding hydrogens is 178 g/mol. The fraction of sp³-hybridized carbons (Fsp3) is 0.889. The van der Waals surface area contributed by atoms with Gasteiger partial charge in [-0.2, -0.15) is 0 Å². The molecule has 0 aliphatic rings. The lowest BCUT2D eigenvalue weighted by atomic mass is 10.2. The van der Waals surface area contributed by atoms with E-state index in [-0.39, 0.29) is 6.04 Å². The van der Waals surface area contributed by atoms with E-state index < -0.39 is 0 Å². The van der Waals surface area contributed by atoms with Crippen LogP contribution in [-0.4, -0.2) is 26.8 Å². The van der Waals surface area contributed by atoms with Crippen molar-refractivity contribution in [3.8, 4) is 0 Å². The number of aromatic nitrogens is 4. The van der Waals surface area contributed by atoms with Crippen molar-refractivity contribution in [1.82, 2.24) is 25.5 Å². The molecule has 0 saturated carbocycles. The third-order valence-electron chi connectivity index (χ3n) is 2.00. The van der Waals surface area contributed by atoms with Gasteiger partial charge in [0.2, 0.25) is 0 Å². The smallest absolute Gasteiger partial charge is 0.167 e. The summed E-state index contributed by atoms with van der Waals surface area (Å²) in [6.07, 6.45) is 0. The topological polar surface area (TPSA) is 55.6 Å². The highest BCUT2D eigenvalue weighted by atomic mass is 15.5. The largest absolute Gasteiger partial charge is 0.308 e. The highest BCUT2D eigenvalue weighted by Crippen LogP contribution is 2.08. The van der Waals surface area contributed by atoms with E-state index in [1.54, 1.807) is 0 Å². The maximum absolute atomic E-state index is 4.03. The molecule has 1 unspecified atom stereocenters. The van der Waals surface area contributed by atoms with Gasteiger partial charge >= 0.3 is 0 Å². The van der Waals surface area contributed by atoms with Crippen LogP contribution in [-0.2, 0) is 6.54 Å². The molecule has 1 aromatic rings. The summed E-state index contributed by atoms with van der Waals surface area (Å²) in [5.41, 5.74) is 0. The van der Waals surface area contributed by atoms with Crippen LogP contribution in [0.1, 0.15) is 39.6 Å². The zero-order valence-electron chi connectivity index (χ0n) is 9.36. The van der Waals surface area contributed by atoms with Crippen LogP contribution in [0.5, 0.6) is 0 Å². The van der Waals surface area contributed by atoms with Gasteiger partial charge in [0.1, 0.15) is 0 Å². The Bertz CT molecular complexity index is 268. The van der Waals surface area contributed by atoms with Gasteiger partial charge in [0.05, 0.1) is 6.04 Å². The van der Waals surface area contributed by atoms with Crippen molar-refractivity contribution >= 4 is 0 Å². The number of rotatable bonds is 5. The summed E-state index contributed by atoms with van der Waals surface area (Å²) in [7, 11) is 0. The van der Waals surface area contributed by atoms with Gasteiger partial charge in [0.15, 0.2) is 5.82 Å². The quantitative estimate of drug-likeness (QED) is 0.765. The third kappa shape index (κ3) is 2.77. The average molecular weight is 197 g/mol. The average Bonchev–Trinajstić information content (AvgIpc) is 2.51. The van der Waals surface area contributed by atoms with E-state index in [1.165, 1.54) is 0 Å².